The zero-order valence-corrected chi connectivity index (χ0v) is 23.0. The van der Waals surface area contributed by atoms with Crippen LogP contribution in [-0.4, -0.2) is 47.0 Å². The van der Waals surface area contributed by atoms with Gasteiger partial charge in [-0.1, -0.05) is 60.7 Å². The number of fused-ring (bicyclic) bond motifs is 1. The Balaban J connectivity index is 1.49. The first-order chi connectivity index (χ1) is 19.3. The number of rotatable bonds is 10. The molecule has 4 rings (SSSR count). The zero-order chi connectivity index (χ0) is 28.6. The largest absolute Gasteiger partial charge is 0.342 e. The van der Waals surface area contributed by atoms with Crippen molar-refractivity contribution in [3.8, 4) is 0 Å². The molecule has 1 aliphatic heterocycles. The fraction of sp³-hybridized carbons (Fsp3) is 0.312. The number of nitrogens with two attached hydrogens (primary N) is 1. The minimum atomic E-state index is -0.868. The predicted octanol–water partition coefficient (Wildman–Crippen LogP) is 3.69. The van der Waals surface area contributed by atoms with Crippen molar-refractivity contribution in [2.24, 2.45) is 5.73 Å². The van der Waals surface area contributed by atoms with Gasteiger partial charge in [0, 0.05) is 37.1 Å². The van der Waals surface area contributed by atoms with Crippen LogP contribution in [0.2, 0.25) is 0 Å². The van der Waals surface area contributed by atoms with E-state index >= 15 is 0 Å². The van der Waals surface area contributed by atoms with Gasteiger partial charge in [-0.15, -0.1) is 0 Å². The first-order valence-corrected chi connectivity index (χ1v) is 13.6. The van der Waals surface area contributed by atoms with Gasteiger partial charge in [0.05, 0.1) is 0 Å². The lowest BCUT2D eigenvalue weighted by molar-refractivity contribution is -0.142. The molecule has 0 saturated heterocycles. The molecule has 0 spiro atoms. The van der Waals surface area contributed by atoms with E-state index in [0.29, 0.717) is 17.7 Å². The number of carbonyl (C=O) groups is 4. The summed E-state index contributed by atoms with van der Waals surface area (Å²) in [5.74, 6) is -1.21. The summed E-state index contributed by atoms with van der Waals surface area (Å²) in [6, 6.07) is 20.5. The first kappa shape index (κ1) is 28.7. The van der Waals surface area contributed by atoms with E-state index in [-0.39, 0.29) is 49.9 Å². The predicted molar refractivity (Wildman–Crippen MR) is 155 cm³/mol. The molecule has 208 valence electrons. The average Bonchev–Trinajstić information content (AvgIpc) is 2.97. The Hall–Kier alpha value is -4.30. The highest BCUT2D eigenvalue weighted by molar-refractivity contribution is 6.00. The number of hydrogen-bond donors (Lipinski definition) is 3. The third-order valence-electron chi connectivity index (χ3n) is 7.40. The molecule has 0 radical (unpaired) electrons. The molecule has 3 aromatic rings. The van der Waals surface area contributed by atoms with Crippen molar-refractivity contribution in [3.63, 3.8) is 0 Å². The molecule has 3 amide bonds. The number of aryl methyl sites for hydroxylation is 2. The topological polar surface area (TPSA) is 122 Å². The van der Waals surface area contributed by atoms with Gasteiger partial charge in [-0.25, -0.2) is 0 Å². The lowest BCUT2D eigenvalue weighted by Gasteiger charge is -2.36. The SMILES string of the molecule is Cc1ccc(NC(=O)[C@H](CCN)NC(=O)[C@@H]2Cc3ccccc3CN2C(=O)CCC(=O)c2ccccc2)cc1C. The van der Waals surface area contributed by atoms with Crippen LogP contribution in [0.3, 0.4) is 0 Å². The van der Waals surface area contributed by atoms with Gasteiger partial charge in [0.2, 0.25) is 17.7 Å². The van der Waals surface area contributed by atoms with Crippen LogP contribution in [0.1, 0.15) is 51.9 Å². The van der Waals surface area contributed by atoms with Crippen LogP contribution in [0, 0.1) is 13.8 Å². The number of anilines is 1. The number of benzene rings is 3. The van der Waals surface area contributed by atoms with Crippen LogP contribution in [0.5, 0.6) is 0 Å². The van der Waals surface area contributed by atoms with Crippen LogP contribution in [0.15, 0.2) is 72.8 Å². The van der Waals surface area contributed by atoms with E-state index in [4.69, 9.17) is 5.73 Å². The zero-order valence-electron chi connectivity index (χ0n) is 23.0. The summed E-state index contributed by atoms with van der Waals surface area (Å²) in [5.41, 5.74) is 11.1. The minimum Gasteiger partial charge on any atom is -0.342 e. The molecule has 40 heavy (non-hydrogen) atoms. The second kappa shape index (κ2) is 13.2. The molecule has 8 nitrogen and oxygen atoms in total. The van der Waals surface area contributed by atoms with Gasteiger partial charge in [-0.2, -0.15) is 0 Å². The van der Waals surface area contributed by atoms with Gasteiger partial charge in [-0.3, -0.25) is 19.2 Å². The van der Waals surface area contributed by atoms with Crippen molar-refractivity contribution < 1.29 is 19.2 Å². The van der Waals surface area contributed by atoms with Crippen LogP contribution in [0.4, 0.5) is 5.69 Å². The highest BCUT2D eigenvalue weighted by atomic mass is 16.2. The Labute approximate surface area is 234 Å². The molecule has 1 aliphatic rings. The van der Waals surface area contributed by atoms with Crippen LogP contribution >= 0.6 is 0 Å². The summed E-state index contributed by atoms with van der Waals surface area (Å²) in [6.07, 6.45) is 0.586. The van der Waals surface area contributed by atoms with Crippen molar-refractivity contribution >= 4 is 29.2 Å². The minimum absolute atomic E-state index is 0.0147. The molecule has 2 atom stereocenters. The number of ketones is 1. The van der Waals surface area contributed by atoms with Crippen LogP contribution < -0.4 is 16.4 Å². The van der Waals surface area contributed by atoms with E-state index in [1.54, 1.807) is 24.3 Å². The van der Waals surface area contributed by atoms with E-state index in [9.17, 15) is 19.2 Å². The van der Waals surface area contributed by atoms with E-state index < -0.39 is 18.0 Å². The van der Waals surface area contributed by atoms with Gasteiger partial charge in [0.1, 0.15) is 12.1 Å². The molecule has 0 aliphatic carbocycles. The number of Topliss-reactive ketones (excluding diaryl/α,β-unsaturated/α-hetero) is 1. The molecular weight excluding hydrogens is 504 g/mol. The number of nitrogens with zero attached hydrogens (tertiary/aromatic N) is 1. The highest BCUT2D eigenvalue weighted by Gasteiger charge is 2.36. The fourth-order valence-corrected chi connectivity index (χ4v) is 4.90. The summed E-state index contributed by atoms with van der Waals surface area (Å²) in [4.78, 5) is 54.3. The summed E-state index contributed by atoms with van der Waals surface area (Å²) >= 11 is 0. The maximum absolute atomic E-state index is 13.6. The molecule has 0 aromatic heterocycles. The summed E-state index contributed by atoms with van der Waals surface area (Å²) < 4.78 is 0. The van der Waals surface area contributed by atoms with Crippen molar-refractivity contribution in [1.82, 2.24) is 10.2 Å². The Bertz CT molecular complexity index is 1390. The van der Waals surface area contributed by atoms with Crippen molar-refractivity contribution in [2.75, 3.05) is 11.9 Å². The maximum atomic E-state index is 13.6. The molecule has 1 heterocycles. The lowest BCUT2D eigenvalue weighted by Crippen LogP contribution is -2.56. The van der Waals surface area contributed by atoms with Gasteiger partial charge < -0.3 is 21.3 Å². The van der Waals surface area contributed by atoms with Crippen molar-refractivity contribution in [1.29, 1.82) is 0 Å². The van der Waals surface area contributed by atoms with Gasteiger partial charge in [0.15, 0.2) is 5.78 Å². The highest BCUT2D eigenvalue weighted by Crippen LogP contribution is 2.25. The number of nitrogens with one attached hydrogen (secondary N) is 2. The van der Waals surface area contributed by atoms with Crippen LogP contribution in [-0.2, 0) is 27.3 Å². The molecule has 0 fully saturated rings. The van der Waals surface area contributed by atoms with Crippen molar-refractivity contribution in [3.05, 3.63) is 101 Å². The Morgan fingerprint density at radius 1 is 0.900 bits per heavy atom. The second-order valence-corrected chi connectivity index (χ2v) is 10.2. The second-order valence-electron chi connectivity index (χ2n) is 10.2. The van der Waals surface area contributed by atoms with E-state index in [1.165, 1.54) is 4.90 Å². The molecule has 8 heteroatoms. The molecule has 0 saturated carbocycles. The molecule has 4 N–H and O–H groups in total. The average molecular weight is 541 g/mol. The Morgan fingerprint density at radius 2 is 1.60 bits per heavy atom. The summed E-state index contributed by atoms with van der Waals surface area (Å²) in [5, 5.41) is 5.72. The number of carbonyl (C=O) groups excluding carboxylic acids is 4. The van der Waals surface area contributed by atoms with Gasteiger partial charge in [0.25, 0.3) is 0 Å². The standard InChI is InChI=1S/C32H36N4O4/c1-21-12-13-26(18-22(21)2)34-31(39)27(16-17-33)35-32(40)28-19-24-10-6-7-11-25(24)20-36(28)30(38)15-14-29(37)23-8-4-3-5-9-23/h3-13,18,27-28H,14-17,19-20,33H2,1-2H3,(H,34,39)(H,35,40)/t27-,28-/m0/s1. The van der Waals surface area contributed by atoms with E-state index in [0.717, 1.165) is 22.3 Å². The fourth-order valence-electron chi connectivity index (χ4n) is 4.90. The third-order valence-corrected chi connectivity index (χ3v) is 7.40. The van der Waals surface area contributed by atoms with E-state index in [2.05, 4.69) is 10.6 Å². The summed E-state index contributed by atoms with van der Waals surface area (Å²) in [6.45, 7) is 4.40. The smallest absolute Gasteiger partial charge is 0.246 e. The number of hydrogen-bond acceptors (Lipinski definition) is 5. The van der Waals surface area contributed by atoms with E-state index in [1.807, 2.05) is 62.4 Å². The third kappa shape index (κ3) is 7.01. The number of amides is 3. The van der Waals surface area contributed by atoms with Gasteiger partial charge in [-0.05, 0) is 61.2 Å². The molecule has 3 aromatic carbocycles. The monoisotopic (exact) mass is 540 g/mol. The Kier molecular flexibility index (Phi) is 9.45. The maximum Gasteiger partial charge on any atom is 0.246 e. The molecule has 0 bridgehead atoms. The van der Waals surface area contributed by atoms with Crippen molar-refractivity contribution in [2.45, 2.75) is 58.2 Å². The Morgan fingerprint density at radius 3 is 2.30 bits per heavy atom. The molecular formula is C32H36N4O4. The lowest BCUT2D eigenvalue weighted by atomic mass is 9.92. The van der Waals surface area contributed by atoms with Crippen LogP contribution in [0.25, 0.3) is 0 Å². The normalized spacial score (nSPS) is 15.1. The first-order valence-electron chi connectivity index (χ1n) is 13.6. The van der Waals surface area contributed by atoms with Gasteiger partial charge >= 0.3 is 0 Å². The summed E-state index contributed by atoms with van der Waals surface area (Å²) in [7, 11) is 0. The quantitative estimate of drug-likeness (QED) is 0.339. The molecule has 0 unspecified atom stereocenters.